The lowest BCUT2D eigenvalue weighted by atomic mass is 9.99. The number of rotatable bonds is 46. The first-order chi connectivity index (χ1) is 31.2. The molecule has 1 saturated heterocycles. The van der Waals surface area contributed by atoms with E-state index >= 15 is 0 Å². The van der Waals surface area contributed by atoms with Crippen molar-refractivity contribution in [1.29, 1.82) is 0 Å². The van der Waals surface area contributed by atoms with Gasteiger partial charge in [0, 0.05) is 12.8 Å². The summed E-state index contributed by atoms with van der Waals surface area (Å²) in [7, 11) is 0. The van der Waals surface area contributed by atoms with Crippen LogP contribution in [0.3, 0.4) is 0 Å². The Kier molecular flexibility index (Phi) is 40.8. The highest BCUT2D eigenvalue weighted by Gasteiger charge is 2.47. The molecule has 64 heavy (non-hydrogen) atoms. The van der Waals surface area contributed by atoms with Gasteiger partial charge in [0.15, 0.2) is 18.5 Å². The maximum Gasteiger partial charge on any atom is 0.335 e. The molecule has 1 aliphatic heterocycles. The topological polar surface area (TPSA) is 169 Å². The van der Waals surface area contributed by atoms with Crippen molar-refractivity contribution in [2.75, 3.05) is 13.2 Å². The predicted molar refractivity (Wildman–Crippen MR) is 257 cm³/mol. The molecule has 0 aromatic carbocycles. The van der Waals surface area contributed by atoms with Gasteiger partial charge in [-0.3, -0.25) is 9.59 Å². The van der Waals surface area contributed by atoms with Crippen molar-refractivity contribution in [1.82, 2.24) is 0 Å². The molecule has 0 bridgehead atoms. The van der Waals surface area contributed by atoms with Gasteiger partial charge in [-0.05, 0) is 38.5 Å². The minimum Gasteiger partial charge on any atom is -0.479 e. The second-order valence-electron chi connectivity index (χ2n) is 18.7. The number of allylic oxidation sites excluding steroid dienone is 2. The van der Waals surface area contributed by atoms with Crippen molar-refractivity contribution < 1.29 is 53.8 Å². The molecule has 1 aliphatic rings. The van der Waals surface area contributed by atoms with Crippen molar-refractivity contribution in [3.05, 3.63) is 12.2 Å². The van der Waals surface area contributed by atoms with Gasteiger partial charge in [0.05, 0.1) is 6.61 Å². The van der Waals surface area contributed by atoms with Gasteiger partial charge < -0.3 is 39.4 Å². The smallest absolute Gasteiger partial charge is 0.335 e. The molecular weight excluding hydrogens is 813 g/mol. The number of carbonyl (C=O) groups excluding carboxylic acids is 2. The van der Waals surface area contributed by atoms with Crippen LogP contribution in [0.25, 0.3) is 0 Å². The Bertz CT molecular complexity index is 1120. The molecule has 0 aliphatic carbocycles. The summed E-state index contributed by atoms with van der Waals surface area (Å²) < 4.78 is 21.8. The van der Waals surface area contributed by atoms with Crippen molar-refractivity contribution in [2.24, 2.45) is 0 Å². The third-order valence-electron chi connectivity index (χ3n) is 12.6. The molecule has 6 unspecified atom stereocenters. The molecule has 1 heterocycles. The quantitative estimate of drug-likeness (QED) is 0.0260. The summed E-state index contributed by atoms with van der Waals surface area (Å²) in [5.74, 6) is -2.43. The number of carboxylic acids is 1. The first-order valence-electron chi connectivity index (χ1n) is 26.7. The molecule has 0 aromatic heterocycles. The molecule has 0 radical (unpaired) electrons. The standard InChI is InChI=1S/C53H98O11/c1-3-5-7-9-11-13-15-17-19-20-21-22-23-24-25-26-28-30-32-34-36-38-40-42-47(55)63-45(44-62-53-50(58)48(56)49(57)51(64-53)52(59)60)43-61-46(54)41-39-37-35-33-31-29-27-18-16-14-12-10-8-6-4-2/h18,27,45,48-51,53,56-58H,3-17,19-26,28-44H2,1-2H3,(H,59,60)/b27-18-. The van der Waals surface area contributed by atoms with E-state index in [1.165, 1.54) is 161 Å². The molecule has 11 heteroatoms. The average molecular weight is 911 g/mol. The normalized spacial score (nSPS) is 19.3. The number of aliphatic hydroxyl groups excluding tert-OH is 3. The van der Waals surface area contributed by atoms with Crippen LogP contribution in [0.1, 0.15) is 258 Å². The zero-order valence-electron chi connectivity index (χ0n) is 41.0. The zero-order chi connectivity index (χ0) is 46.7. The highest BCUT2D eigenvalue weighted by atomic mass is 16.7. The van der Waals surface area contributed by atoms with Crippen molar-refractivity contribution in [3.8, 4) is 0 Å². The Morgan fingerprint density at radius 2 is 0.828 bits per heavy atom. The fraction of sp³-hybridized carbons (Fsp3) is 0.906. The highest BCUT2D eigenvalue weighted by molar-refractivity contribution is 5.73. The molecule has 6 atom stereocenters. The van der Waals surface area contributed by atoms with Crippen LogP contribution in [-0.2, 0) is 33.3 Å². The monoisotopic (exact) mass is 911 g/mol. The van der Waals surface area contributed by atoms with Gasteiger partial charge in [0.1, 0.15) is 24.9 Å². The van der Waals surface area contributed by atoms with Gasteiger partial charge in [0.25, 0.3) is 0 Å². The van der Waals surface area contributed by atoms with Gasteiger partial charge in [-0.25, -0.2) is 4.79 Å². The first kappa shape index (κ1) is 60.0. The molecule has 0 spiro atoms. The molecule has 376 valence electrons. The zero-order valence-corrected chi connectivity index (χ0v) is 41.0. The van der Waals surface area contributed by atoms with E-state index in [1.54, 1.807) is 0 Å². The second kappa shape index (κ2) is 43.5. The van der Waals surface area contributed by atoms with E-state index in [2.05, 4.69) is 26.0 Å². The summed E-state index contributed by atoms with van der Waals surface area (Å²) in [5, 5.41) is 39.9. The maximum atomic E-state index is 12.8. The van der Waals surface area contributed by atoms with Crippen LogP contribution in [-0.4, -0.2) is 88.4 Å². The third-order valence-corrected chi connectivity index (χ3v) is 12.6. The van der Waals surface area contributed by atoms with Crippen LogP contribution in [0.5, 0.6) is 0 Å². The van der Waals surface area contributed by atoms with E-state index in [1.807, 2.05) is 0 Å². The molecule has 0 saturated carbocycles. The summed E-state index contributed by atoms with van der Waals surface area (Å²) in [6, 6.07) is 0. The molecule has 4 N–H and O–H groups in total. The largest absolute Gasteiger partial charge is 0.479 e. The predicted octanol–water partition coefficient (Wildman–Crippen LogP) is 12.8. The van der Waals surface area contributed by atoms with Gasteiger partial charge in [-0.2, -0.15) is 0 Å². The van der Waals surface area contributed by atoms with Crippen LogP contribution in [0.4, 0.5) is 0 Å². The van der Waals surface area contributed by atoms with Crippen molar-refractivity contribution in [3.63, 3.8) is 0 Å². The summed E-state index contributed by atoms with van der Waals surface area (Å²) in [6.45, 7) is 3.85. The number of hydrogen-bond acceptors (Lipinski definition) is 10. The molecule has 1 fully saturated rings. The van der Waals surface area contributed by atoms with Gasteiger partial charge in [-0.1, -0.05) is 219 Å². The Morgan fingerprint density at radius 3 is 1.22 bits per heavy atom. The Labute approximate surface area is 390 Å². The minimum atomic E-state index is -1.86. The average Bonchev–Trinajstić information content (AvgIpc) is 3.28. The molecular formula is C53H98O11. The van der Waals surface area contributed by atoms with Gasteiger partial charge in [0.2, 0.25) is 0 Å². The summed E-state index contributed by atoms with van der Waals surface area (Å²) in [4.78, 5) is 37.0. The number of unbranched alkanes of at least 4 members (excludes halogenated alkanes) is 33. The summed E-state index contributed by atoms with van der Waals surface area (Å²) >= 11 is 0. The van der Waals surface area contributed by atoms with Gasteiger partial charge in [-0.15, -0.1) is 0 Å². The lowest BCUT2D eigenvalue weighted by Gasteiger charge is -2.38. The first-order valence-corrected chi connectivity index (χ1v) is 26.7. The maximum absolute atomic E-state index is 12.8. The van der Waals surface area contributed by atoms with E-state index in [9.17, 15) is 34.8 Å². The second-order valence-corrected chi connectivity index (χ2v) is 18.7. The summed E-state index contributed by atoms with van der Waals surface area (Å²) in [5.41, 5.74) is 0. The summed E-state index contributed by atoms with van der Waals surface area (Å²) in [6.07, 6.45) is 39.8. The third kappa shape index (κ3) is 34.3. The SMILES string of the molecule is CCCCCCCC/C=C\CCCCCCCC(=O)OCC(COC1OC(C(=O)O)C(O)C(O)C1O)OC(=O)CCCCCCCCCCCCCCCCCCCCCCCCC. The highest BCUT2D eigenvalue weighted by Crippen LogP contribution is 2.23. The van der Waals surface area contributed by atoms with Crippen LogP contribution < -0.4 is 0 Å². The van der Waals surface area contributed by atoms with E-state index in [4.69, 9.17) is 18.9 Å². The molecule has 0 amide bonds. The van der Waals surface area contributed by atoms with E-state index < -0.39 is 54.7 Å². The Morgan fingerprint density at radius 1 is 0.469 bits per heavy atom. The van der Waals surface area contributed by atoms with Crippen LogP contribution in [0, 0.1) is 0 Å². The Hall–Kier alpha value is -2.05. The lowest BCUT2D eigenvalue weighted by Crippen LogP contribution is -2.60. The fourth-order valence-corrected chi connectivity index (χ4v) is 8.41. The van der Waals surface area contributed by atoms with Crippen LogP contribution in [0.2, 0.25) is 0 Å². The van der Waals surface area contributed by atoms with E-state index in [0.29, 0.717) is 12.8 Å². The number of esters is 2. The van der Waals surface area contributed by atoms with Crippen molar-refractivity contribution in [2.45, 2.75) is 295 Å². The number of aliphatic carboxylic acids is 1. The van der Waals surface area contributed by atoms with Crippen LogP contribution in [0.15, 0.2) is 12.2 Å². The number of aliphatic hydroxyl groups is 3. The minimum absolute atomic E-state index is 0.188. The number of hydrogen-bond donors (Lipinski definition) is 4. The van der Waals surface area contributed by atoms with Crippen molar-refractivity contribution >= 4 is 17.9 Å². The molecule has 0 aromatic rings. The molecule has 1 rings (SSSR count). The lowest BCUT2D eigenvalue weighted by molar-refractivity contribution is -0.298. The fourth-order valence-electron chi connectivity index (χ4n) is 8.41. The van der Waals surface area contributed by atoms with E-state index in [-0.39, 0.29) is 26.1 Å². The Balaban J connectivity index is 2.25. The molecule has 11 nitrogen and oxygen atoms in total. The van der Waals surface area contributed by atoms with Gasteiger partial charge >= 0.3 is 17.9 Å². The van der Waals surface area contributed by atoms with E-state index in [0.717, 1.165) is 57.8 Å². The number of carboxylic acid groups (broad SMARTS) is 1. The number of ether oxygens (including phenoxy) is 4. The van der Waals surface area contributed by atoms with Crippen LogP contribution >= 0.6 is 0 Å². The number of carbonyl (C=O) groups is 3.